The Morgan fingerprint density at radius 1 is 0.515 bits per heavy atom. The van der Waals surface area contributed by atoms with Gasteiger partial charge in [-0.3, -0.25) is 4.57 Å². The van der Waals surface area contributed by atoms with Gasteiger partial charge in [0.2, 0.25) is 0 Å². The fourth-order valence-corrected chi connectivity index (χ4v) is 9.67. The molecule has 10 aromatic rings. The minimum Gasteiger partial charge on any atom is -0.510 e. The van der Waals surface area contributed by atoms with E-state index < -0.39 is 0 Å². The Bertz CT molecular complexity index is 3530. The number of benzene rings is 7. The van der Waals surface area contributed by atoms with Gasteiger partial charge in [0.1, 0.15) is 5.82 Å². The molecule has 0 atom stereocenters. The summed E-state index contributed by atoms with van der Waals surface area (Å²) in [6, 6.07) is 59.6. The predicted octanol–water partition coefficient (Wildman–Crippen LogP) is 14.8. The van der Waals surface area contributed by atoms with Crippen molar-refractivity contribution >= 4 is 32.8 Å². The zero-order chi connectivity index (χ0) is 45.0. The van der Waals surface area contributed by atoms with Crippen molar-refractivity contribution in [1.29, 1.82) is 0 Å². The number of pyridine rings is 1. The molecule has 5 nitrogen and oxygen atoms in total. The van der Waals surface area contributed by atoms with E-state index in [0.717, 1.165) is 55.6 Å². The molecule has 0 radical (unpaired) electrons. The summed E-state index contributed by atoms with van der Waals surface area (Å²) < 4.78 is 13.4. The number of ether oxygens (including phenoxy) is 1. The smallest absolute Gasteiger partial charge is 0.268 e. The molecule has 0 bridgehead atoms. The first-order valence-electron chi connectivity index (χ1n) is 22.6. The Morgan fingerprint density at radius 2 is 1.15 bits per heavy atom. The second-order valence-electron chi connectivity index (χ2n) is 20.5. The third-order valence-electron chi connectivity index (χ3n) is 13.0. The molecule has 66 heavy (non-hydrogen) atoms. The quantitative estimate of drug-likeness (QED) is 0.130. The number of nitrogens with zero attached hydrogens (tertiary/aromatic N) is 4. The second kappa shape index (κ2) is 15.8. The van der Waals surface area contributed by atoms with Gasteiger partial charge in [-0.25, -0.2) is 4.98 Å². The molecule has 1 aliphatic heterocycles. The molecular weight excluding hydrogens is 988 g/mol. The van der Waals surface area contributed by atoms with E-state index in [2.05, 4.69) is 222 Å². The van der Waals surface area contributed by atoms with E-state index in [1.54, 1.807) is 0 Å². The van der Waals surface area contributed by atoms with Crippen molar-refractivity contribution in [2.45, 2.75) is 78.6 Å². The number of hydrogen-bond acceptors (Lipinski definition) is 2. The van der Waals surface area contributed by atoms with Crippen LogP contribution in [0, 0.1) is 18.5 Å². The first-order valence-corrected chi connectivity index (χ1v) is 22.6. The molecule has 6 heteroatoms. The van der Waals surface area contributed by atoms with Crippen molar-refractivity contribution in [1.82, 2.24) is 14.1 Å². The van der Waals surface area contributed by atoms with Gasteiger partial charge in [-0.15, -0.1) is 29.7 Å². The van der Waals surface area contributed by atoms with Crippen LogP contribution in [0.25, 0.3) is 83.4 Å². The maximum Gasteiger partial charge on any atom is 0.268 e. The Kier molecular flexibility index (Phi) is 10.4. The number of hydrogen-bond donors (Lipinski definition) is 0. The fraction of sp³-hybridized carbons (Fsp3) is 0.200. The van der Waals surface area contributed by atoms with Crippen LogP contribution in [0.3, 0.4) is 0 Å². The van der Waals surface area contributed by atoms with Crippen LogP contribution in [-0.2, 0) is 37.3 Å². The van der Waals surface area contributed by atoms with Crippen molar-refractivity contribution < 1.29 is 30.4 Å². The van der Waals surface area contributed by atoms with Crippen LogP contribution < -0.4 is 9.30 Å². The van der Waals surface area contributed by atoms with Gasteiger partial charge in [0, 0.05) is 44.3 Å². The third kappa shape index (κ3) is 7.20. The first kappa shape index (κ1) is 43.3. The van der Waals surface area contributed by atoms with Crippen LogP contribution in [0.2, 0.25) is 0 Å². The maximum absolute atomic E-state index is 6.72. The van der Waals surface area contributed by atoms with Gasteiger partial charge in [0.15, 0.2) is 0 Å². The molecule has 1 aliphatic rings. The maximum atomic E-state index is 6.72. The summed E-state index contributed by atoms with van der Waals surface area (Å²) in [5.74, 6) is 2.03. The predicted molar refractivity (Wildman–Crippen MR) is 266 cm³/mol. The van der Waals surface area contributed by atoms with Crippen LogP contribution >= 0.6 is 0 Å². The van der Waals surface area contributed by atoms with E-state index in [1.165, 1.54) is 44.5 Å². The molecule has 0 unspecified atom stereocenters. The van der Waals surface area contributed by atoms with E-state index in [0.29, 0.717) is 11.5 Å². The van der Waals surface area contributed by atoms with Gasteiger partial charge in [0.05, 0.1) is 16.7 Å². The molecule has 330 valence electrons. The molecule has 0 spiro atoms. The van der Waals surface area contributed by atoms with Gasteiger partial charge in [-0.05, 0) is 95.6 Å². The molecule has 0 amide bonds. The number of para-hydroxylation sites is 3. The first-order chi connectivity index (χ1) is 31.1. The molecule has 7 aromatic carbocycles. The van der Waals surface area contributed by atoms with Crippen molar-refractivity contribution in [3.63, 3.8) is 0 Å². The fourth-order valence-electron chi connectivity index (χ4n) is 9.67. The van der Waals surface area contributed by atoms with Crippen molar-refractivity contribution in [2.75, 3.05) is 0 Å². The summed E-state index contributed by atoms with van der Waals surface area (Å²) in [7, 11) is 0. The van der Waals surface area contributed by atoms with Gasteiger partial charge in [-0.2, -0.15) is 18.2 Å². The summed E-state index contributed by atoms with van der Waals surface area (Å²) in [6.45, 7) is 20.5. The molecule has 0 N–H and O–H groups in total. The molecule has 0 saturated carbocycles. The largest absolute Gasteiger partial charge is 0.510 e. The molecule has 0 aliphatic carbocycles. The number of aromatic nitrogens is 4. The second-order valence-corrected chi connectivity index (χ2v) is 20.5. The summed E-state index contributed by atoms with van der Waals surface area (Å²) in [5, 5.41) is 2.23. The molecular formula is C60H52N4OPt-2. The zero-order valence-electron chi connectivity index (χ0n) is 38.9. The number of imidazole rings is 1. The van der Waals surface area contributed by atoms with Crippen LogP contribution in [-0.4, -0.2) is 14.1 Å². The Morgan fingerprint density at radius 3 is 1.92 bits per heavy atom. The SMILES string of the molecule is CC(C)(C)c1ccnc(-n2c3[c-]c(Oc4[c-]c(-n5[c-][n+]6c7c(cccc75)-c5ccccc5-c5ccc(C(C)(C)C)cc5-c5cccc(C(C)(C)C)c5-6)ccc4)ccc3c3ccccc32)c1.[Pt]. The van der Waals surface area contributed by atoms with Crippen molar-refractivity contribution in [2.24, 2.45) is 0 Å². The summed E-state index contributed by atoms with van der Waals surface area (Å²) in [5.41, 5.74) is 16.7. The summed E-state index contributed by atoms with van der Waals surface area (Å²) >= 11 is 0. The number of rotatable bonds is 4. The Hall–Kier alpha value is -6.55. The van der Waals surface area contributed by atoms with Crippen molar-refractivity contribution in [3.05, 3.63) is 187 Å². The van der Waals surface area contributed by atoms with E-state index in [9.17, 15) is 0 Å². The van der Waals surface area contributed by atoms with Gasteiger partial charge in [0.25, 0.3) is 6.33 Å². The van der Waals surface area contributed by atoms with Crippen molar-refractivity contribution in [3.8, 4) is 62.1 Å². The van der Waals surface area contributed by atoms with Crippen LogP contribution in [0.1, 0.15) is 79.0 Å². The zero-order valence-corrected chi connectivity index (χ0v) is 41.2. The minimum atomic E-state index is -0.174. The summed E-state index contributed by atoms with van der Waals surface area (Å²) in [4.78, 5) is 4.87. The van der Waals surface area contributed by atoms with Crippen LogP contribution in [0.4, 0.5) is 0 Å². The van der Waals surface area contributed by atoms with Crippen LogP contribution in [0.15, 0.2) is 152 Å². The molecule has 11 rings (SSSR count). The number of fused-ring (bicyclic) bond motifs is 10. The molecule has 3 aromatic heterocycles. The monoisotopic (exact) mass is 1040 g/mol. The van der Waals surface area contributed by atoms with E-state index in [-0.39, 0.29) is 37.3 Å². The third-order valence-corrected chi connectivity index (χ3v) is 13.0. The Balaban J connectivity index is 0.00000511. The minimum absolute atomic E-state index is 0. The van der Waals surface area contributed by atoms with Gasteiger partial charge in [-0.1, -0.05) is 165 Å². The van der Waals surface area contributed by atoms with E-state index in [1.807, 2.05) is 24.4 Å². The standard InChI is InChI=1S/C60H52N4O.Pt/c1-58(2,3)38-27-29-45-43-19-10-11-20-44(43)48-23-16-26-53-57(48)63(56-49(50(45)33-38)22-15-24-51(56)60(7,8)9)37-62(53)40-17-14-18-41(35-40)65-42-28-30-47-46-21-12-13-25-52(46)64(54(47)36-42)55-34-39(31-32-61-55)59(4,5)6;/h10-34H,1-9H3;/q-2;. The average Bonchev–Trinajstić information content (AvgIpc) is 3.84. The van der Waals surface area contributed by atoms with E-state index >= 15 is 0 Å². The van der Waals surface area contributed by atoms with E-state index in [4.69, 9.17) is 9.72 Å². The molecule has 4 heterocycles. The van der Waals surface area contributed by atoms with Gasteiger partial charge >= 0.3 is 0 Å². The molecule has 0 fully saturated rings. The molecule has 0 saturated heterocycles. The summed E-state index contributed by atoms with van der Waals surface area (Å²) in [6.07, 6.45) is 5.82. The van der Waals surface area contributed by atoms with Gasteiger partial charge < -0.3 is 13.9 Å². The Labute approximate surface area is 402 Å². The average molecular weight is 1040 g/mol. The normalized spacial score (nSPS) is 12.5. The topological polar surface area (TPSA) is 35.9 Å². The van der Waals surface area contributed by atoms with Crippen LogP contribution in [0.5, 0.6) is 11.5 Å².